The van der Waals surface area contributed by atoms with Gasteiger partial charge in [-0.3, -0.25) is 0 Å². The van der Waals surface area contributed by atoms with Crippen molar-refractivity contribution < 1.29 is 4.74 Å². The lowest BCUT2D eigenvalue weighted by molar-refractivity contribution is 0.483. The second-order valence-corrected chi connectivity index (χ2v) is 6.87. The first kappa shape index (κ1) is 19.3. The predicted octanol–water partition coefficient (Wildman–Crippen LogP) is 5.23. The number of nitrogens with zero attached hydrogens (tertiary/aromatic N) is 3. The quantitative estimate of drug-likeness (QED) is 0.445. The third-order valence-corrected chi connectivity index (χ3v) is 4.58. The smallest absolute Gasteiger partial charge is 0.159 e. The molecule has 0 amide bonds. The number of nitrogens with one attached hydrogen (secondary N) is 1. The summed E-state index contributed by atoms with van der Waals surface area (Å²) in [5.41, 5.74) is 8.91. The number of anilines is 4. The maximum absolute atomic E-state index is 6.36. The van der Waals surface area contributed by atoms with Gasteiger partial charge in [0.1, 0.15) is 23.5 Å². The molecule has 0 aliphatic rings. The summed E-state index contributed by atoms with van der Waals surface area (Å²) in [7, 11) is 1.96. The highest BCUT2D eigenvalue weighted by Gasteiger charge is 2.13. The Bertz CT molecular complexity index is 1090. The fourth-order valence-corrected chi connectivity index (χ4v) is 3.09. The van der Waals surface area contributed by atoms with Gasteiger partial charge >= 0.3 is 0 Å². The van der Waals surface area contributed by atoms with Gasteiger partial charge in [0, 0.05) is 19.3 Å². The monoisotopic (exact) mass is 397 g/mol. The molecule has 0 fully saturated rings. The van der Waals surface area contributed by atoms with Crippen molar-refractivity contribution in [1.29, 1.82) is 0 Å². The molecule has 0 saturated carbocycles. The van der Waals surface area contributed by atoms with E-state index in [1.807, 2.05) is 84.7 Å². The first-order chi connectivity index (χ1) is 14.7. The van der Waals surface area contributed by atoms with Crippen LogP contribution in [0, 0.1) is 0 Å². The van der Waals surface area contributed by atoms with Crippen molar-refractivity contribution in [3.8, 4) is 11.5 Å². The summed E-state index contributed by atoms with van der Waals surface area (Å²) in [6.07, 6.45) is 1.52. The molecule has 150 valence electrons. The van der Waals surface area contributed by atoms with Gasteiger partial charge in [0.15, 0.2) is 11.6 Å². The Morgan fingerprint density at radius 3 is 2.17 bits per heavy atom. The minimum atomic E-state index is 0.501. The molecular weight excluding hydrogens is 374 g/mol. The maximum atomic E-state index is 6.36. The highest BCUT2D eigenvalue weighted by atomic mass is 16.5. The first-order valence-electron chi connectivity index (χ1n) is 9.64. The van der Waals surface area contributed by atoms with Gasteiger partial charge in [0.05, 0.1) is 0 Å². The van der Waals surface area contributed by atoms with E-state index in [1.54, 1.807) is 0 Å². The fourth-order valence-electron chi connectivity index (χ4n) is 3.09. The zero-order valence-corrected chi connectivity index (χ0v) is 16.7. The molecule has 0 saturated heterocycles. The van der Waals surface area contributed by atoms with Gasteiger partial charge < -0.3 is 20.7 Å². The molecule has 0 spiro atoms. The summed E-state index contributed by atoms with van der Waals surface area (Å²) >= 11 is 0. The Balaban J connectivity index is 1.46. The van der Waals surface area contributed by atoms with E-state index in [9.17, 15) is 0 Å². The second-order valence-electron chi connectivity index (χ2n) is 6.87. The molecule has 0 atom stereocenters. The van der Waals surface area contributed by atoms with Gasteiger partial charge in [-0.25, -0.2) is 9.97 Å². The summed E-state index contributed by atoms with van der Waals surface area (Å²) in [5, 5.41) is 3.26. The van der Waals surface area contributed by atoms with Crippen LogP contribution in [0.2, 0.25) is 0 Å². The van der Waals surface area contributed by atoms with Crippen molar-refractivity contribution in [2.24, 2.45) is 0 Å². The number of nitrogens with two attached hydrogens (primary N) is 1. The highest BCUT2D eigenvalue weighted by molar-refractivity contribution is 5.78. The van der Waals surface area contributed by atoms with Crippen LogP contribution in [-0.2, 0) is 6.54 Å². The molecule has 1 heterocycles. The number of para-hydroxylation sites is 1. The minimum Gasteiger partial charge on any atom is -0.457 e. The van der Waals surface area contributed by atoms with Gasteiger partial charge in [-0.05, 0) is 42.0 Å². The third kappa shape index (κ3) is 4.67. The van der Waals surface area contributed by atoms with E-state index >= 15 is 0 Å². The van der Waals surface area contributed by atoms with Crippen LogP contribution in [0.1, 0.15) is 5.56 Å². The highest BCUT2D eigenvalue weighted by Crippen LogP contribution is 2.30. The summed E-state index contributed by atoms with van der Waals surface area (Å²) < 4.78 is 5.83. The SMILES string of the molecule is CN(Cc1ccccc1)c1ncnc(Nc2ccc(Oc3ccccc3)cc2)c1N. The van der Waals surface area contributed by atoms with E-state index in [-0.39, 0.29) is 0 Å². The van der Waals surface area contributed by atoms with Crippen molar-refractivity contribution in [2.45, 2.75) is 6.54 Å². The summed E-state index contributed by atoms with van der Waals surface area (Å²) in [6.45, 7) is 0.701. The van der Waals surface area contributed by atoms with Crippen LogP contribution >= 0.6 is 0 Å². The number of ether oxygens (including phenoxy) is 1. The van der Waals surface area contributed by atoms with E-state index in [2.05, 4.69) is 27.4 Å². The normalized spacial score (nSPS) is 10.4. The molecular formula is C24H23N5O. The lowest BCUT2D eigenvalue weighted by Gasteiger charge is -2.21. The molecule has 0 aliphatic carbocycles. The maximum Gasteiger partial charge on any atom is 0.159 e. The fraction of sp³-hybridized carbons (Fsp3) is 0.0833. The Morgan fingerprint density at radius 1 is 0.833 bits per heavy atom. The lowest BCUT2D eigenvalue weighted by Crippen LogP contribution is -2.20. The van der Waals surface area contributed by atoms with Crippen LogP contribution in [0.4, 0.5) is 23.0 Å². The molecule has 6 nitrogen and oxygen atoms in total. The van der Waals surface area contributed by atoms with Gasteiger partial charge in [-0.15, -0.1) is 0 Å². The van der Waals surface area contributed by atoms with Crippen LogP contribution in [0.15, 0.2) is 91.3 Å². The Morgan fingerprint density at radius 2 is 1.47 bits per heavy atom. The van der Waals surface area contributed by atoms with Crippen molar-refractivity contribution in [2.75, 3.05) is 23.0 Å². The van der Waals surface area contributed by atoms with Gasteiger partial charge in [-0.2, -0.15) is 0 Å². The summed E-state index contributed by atoms with van der Waals surface area (Å²) in [5.74, 6) is 2.80. The van der Waals surface area contributed by atoms with E-state index in [0.717, 1.165) is 17.2 Å². The van der Waals surface area contributed by atoms with E-state index in [4.69, 9.17) is 10.5 Å². The number of hydrogen-bond donors (Lipinski definition) is 2. The standard InChI is InChI=1S/C24H23N5O/c1-29(16-18-8-4-2-5-9-18)24-22(25)23(26-17-27-24)28-19-12-14-21(15-13-19)30-20-10-6-3-7-11-20/h2-15,17H,16,25H2,1H3,(H,26,27,28). The van der Waals surface area contributed by atoms with Gasteiger partial charge in [0.2, 0.25) is 0 Å². The van der Waals surface area contributed by atoms with Crippen LogP contribution in [0.5, 0.6) is 11.5 Å². The molecule has 30 heavy (non-hydrogen) atoms. The molecule has 0 bridgehead atoms. The Labute approximate surface area is 176 Å². The zero-order chi connectivity index (χ0) is 20.8. The largest absolute Gasteiger partial charge is 0.457 e. The lowest BCUT2D eigenvalue weighted by atomic mass is 10.2. The average Bonchev–Trinajstić information content (AvgIpc) is 2.78. The summed E-state index contributed by atoms with van der Waals surface area (Å²) in [6, 6.07) is 27.5. The number of hydrogen-bond acceptors (Lipinski definition) is 6. The number of benzene rings is 3. The second kappa shape index (κ2) is 8.96. The van der Waals surface area contributed by atoms with Crippen LogP contribution in [0.3, 0.4) is 0 Å². The van der Waals surface area contributed by atoms with Crippen molar-refractivity contribution in [1.82, 2.24) is 9.97 Å². The molecule has 0 aliphatic heterocycles. The zero-order valence-electron chi connectivity index (χ0n) is 16.7. The molecule has 0 radical (unpaired) electrons. The Kier molecular flexibility index (Phi) is 5.75. The van der Waals surface area contributed by atoms with Crippen LogP contribution < -0.4 is 20.7 Å². The Hall–Kier alpha value is -4.06. The van der Waals surface area contributed by atoms with E-state index in [0.29, 0.717) is 23.9 Å². The summed E-state index contributed by atoms with van der Waals surface area (Å²) in [4.78, 5) is 10.7. The molecule has 3 aromatic carbocycles. The van der Waals surface area contributed by atoms with E-state index < -0.39 is 0 Å². The van der Waals surface area contributed by atoms with Gasteiger partial charge in [-0.1, -0.05) is 48.5 Å². The van der Waals surface area contributed by atoms with Crippen LogP contribution in [0.25, 0.3) is 0 Å². The topological polar surface area (TPSA) is 76.3 Å². The molecule has 3 N–H and O–H groups in total. The average molecular weight is 397 g/mol. The van der Waals surface area contributed by atoms with Crippen molar-refractivity contribution in [3.05, 3.63) is 96.8 Å². The number of rotatable bonds is 7. The van der Waals surface area contributed by atoms with Crippen molar-refractivity contribution in [3.63, 3.8) is 0 Å². The minimum absolute atomic E-state index is 0.501. The predicted molar refractivity (Wildman–Crippen MR) is 121 cm³/mol. The van der Waals surface area contributed by atoms with E-state index in [1.165, 1.54) is 11.9 Å². The molecule has 6 heteroatoms. The first-order valence-corrected chi connectivity index (χ1v) is 9.64. The third-order valence-electron chi connectivity index (χ3n) is 4.58. The van der Waals surface area contributed by atoms with Crippen LogP contribution in [-0.4, -0.2) is 17.0 Å². The number of nitrogen functional groups attached to an aromatic ring is 1. The molecule has 1 aromatic heterocycles. The molecule has 4 rings (SSSR count). The number of aromatic nitrogens is 2. The van der Waals surface area contributed by atoms with Gasteiger partial charge in [0.25, 0.3) is 0 Å². The molecule has 0 unspecified atom stereocenters. The van der Waals surface area contributed by atoms with Crippen molar-refractivity contribution >= 4 is 23.0 Å². The molecule has 4 aromatic rings.